The van der Waals surface area contributed by atoms with Crippen molar-refractivity contribution in [2.75, 3.05) is 18.4 Å². The molecule has 1 fully saturated rings. The van der Waals surface area contributed by atoms with Crippen molar-refractivity contribution in [3.63, 3.8) is 0 Å². The van der Waals surface area contributed by atoms with Crippen LogP contribution in [0.4, 0.5) is 5.69 Å². The molecule has 0 aromatic heterocycles. The highest BCUT2D eigenvalue weighted by atomic mass is 16.1. The Balaban J connectivity index is 1.71. The molecule has 2 aromatic carbocycles. The van der Waals surface area contributed by atoms with Gasteiger partial charge >= 0.3 is 0 Å². The Bertz CT molecular complexity index is 648. The zero-order valence-corrected chi connectivity index (χ0v) is 13.7. The van der Waals surface area contributed by atoms with Crippen LogP contribution in [-0.2, 0) is 0 Å². The summed E-state index contributed by atoms with van der Waals surface area (Å²) in [6, 6.07) is 17.9. The van der Waals surface area contributed by atoms with Gasteiger partial charge in [-0.05, 0) is 62.7 Å². The van der Waals surface area contributed by atoms with Crippen molar-refractivity contribution in [2.24, 2.45) is 0 Å². The highest BCUT2D eigenvalue weighted by molar-refractivity contribution is 6.04. The number of nitrogens with zero attached hydrogens (tertiary/aromatic N) is 1. The lowest BCUT2D eigenvalue weighted by Gasteiger charge is -2.32. The normalized spacial score (nSPS) is 16.7. The molecule has 1 heterocycles. The molecule has 0 aliphatic carbocycles. The van der Waals surface area contributed by atoms with Crippen LogP contribution in [-0.4, -0.2) is 23.9 Å². The standard InChI is InChI=1S/C20H24N2O/c1-16(22-13-6-3-7-14-22)18-11-8-12-19(15-18)21-20(23)17-9-4-2-5-10-17/h2,4-5,8-12,15-16H,3,6-7,13-14H2,1H3,(H,21,23)/t16-/m1/s1. The molecule has 2 aromatic rings. The van der Waals surface area contributed by atoms with E-state index in [9.17, 15) is 4.79 Å². The van der Waals surface area contributed by atoms with Crippen LogP contribution in [0.15, 0.2) is 54.6 Å². The lowest BCUT2D eigenvalue weighted by Crippen LogP contribution is -2.32. The molecule has 0 bridgehead atoms. The molecule has 1 aliphatic heterocycles. The van der Waals surface area contributed by atoms with E-state index >= 15 is 0 Å². The van der Waals surface area contributed by atoms with Gasteiger partial charge in [-0.2, -0.15) is 0 Å². The van der Waals surface area contributed by atoms with Gasteiger partial charge in [0.2, 0.25) is 0 Å². The average Bonchev–Trinajstić information content (AvgIpc) is 2.63. The van der Waals surface area contributed by atoms with E-state index in [1.807, 2.05) is 42.5 Å². The summed E-state index contributed by atoms with van der Waals surface area (Å²) >= 11 is 0. The first-order valence-electron chi connectivity index (χ1n) is 8.44. The van der Waals surface area contributed by atoms with Gasteiger partial charge in [0.05, 0.1) is 0 Å². The number of carbonyl (C=O) groups is 1. The van der Waals surface area contributed by atoms with Gasteiger partial charge in [0.1, 0.15) is 0 Å². The Labute approximate surface area is 138 Å². The monoisotopic (exact) mass is 308 g/mol. The van der Waals surface area contributed by atoms with Gasteiger partial charge in [0.25, 0.3) is 5.91 Å². The molecular weight excluding hydrogens is 284 g/mol. The summed E-state index contributed by atoms with van der Waals surface area (Å²) in [6.07, 6.45) is 3.92. The van der Waals surface area contributed by atoms with Gasteiger partial charge in [-0.1, -0.05) is 36.8 Å². The van der Waals surface area contributed by atoms with E-state index in [2.05, 4.69) is 29.3 Å². The number of benzene rings is 2. The van der Waals surface area contributed by atoms with Crippen molar-refractivity contribution in [1.82, 2.24) is 4.90 Å². The van der Waals surface area contributed by atoms with Crippen LogP contribution in [0.5, 0.6) is 0 Å². The van der Waals surface area contributed by atoms with E-state index in [0.717, 1.165) is 5.69 Å². The SMILES string of the molecule is C[C@H](c1cccc(NC(=O)c2ccccc2)c1)N1CCCCC1. The van der Waals surface area contributed by atoms with Gasteiger partial charge in [-0.3, -0.25) is 9.69 Å². The first-order valence-corrected chi connectivity index (χ1v) is 8.44. The van der Waals surface area contributed by atoms with Crippen LogP contribution in [0.25, 0.3) is 0 Å². The fraction of sp³-hybridized carbons (Fsp3) is 0.350. The topological polar surface area (TPSA) is 32.3 Å². The second kappa shape index (κ2) is 7.42. The first-order chi connectivity index (χ1) is 11.2. The molecular formula is C20H24N2O. The van der Waals surface area contributed by atoms with Crippen LogP contribution in [0.1, 0.15) is 48.1 Å². The number of hydrogen-bond acceptors (Lipinski definition) is 2. The van der Waals surface area contributed by atoms with E-state index in [4.69, 9.17) is 0 Å². The Kier molecular flexibility index (Phi) is 5.09. The van der Waals surface area contributed by atoms with E-state index in [1.54, 1.807) is 0 Å². The largest absolute Gasteiger partial charge is 0.322 e. The van der Waals surface area contributed by atoms with Crippen molar-refractivity contribution in [1.29, 1.82) is 0 Å². The third-order valence-corrected chi connectivity index (χ3v) is 4.60. The summed E-state index contributed by atoms with van der Waals surface area (Å²) in [5.41, 5.74) is 2.81. The van der Waals surface area contributed by atoms with Crippen LogP contribution in [0.2, 0.25) is 0 Å². The van der Waals surface area contributed by atoms with Gasteiger partial charge in [0, 0.05) is 17.3 Å². The summed E-state index contributed by atoms with van der Waals surface area (Å²) in [4.78, 5) is 14.8. The number of nitrogens with one attached hydrogen (secondary N) is 1. The number of piperidine rings is 1. The molecule has 23 heavy (non-hydrogen) atoms. The zero-order chi connectivity index (χ0) is 16.1. The molecule has 3 nitrogen and oxygen atoms in total. The van der Waals surface area contributed by atoms with Crippen molar-refractivity contribution in [3.8, 4) is 0 Å². The molecule has 3 rings (SSSR count). The molecule has 1 atom stereocenters. The first kappa shape index (κ1) is 15.8. The fourth-order valence-electron chi connectivity index (χ4n) is 3.19. The fourth-order valence-corrected chi connectivity index (χ4v) is 3.19. The Morgan fingerprint density at radius 1 is 1.00 bits per heavy atom. The number of carbonyl (C=O) groups excluding carboxylic acids is 1. The zero-order valence-electron chi connectivity index (χ0n) is 13.7. The summed E-state index contributed by atoms with van der Waals surface area (Å²) in [6.45, 7) is 4.59. The molecule has 0 unspecified atom stereocenters. The van der Waals surface area contributed by atoms with Crippen LogP contribution >= 0.6 is 0 Å². The number of likely N-dealkylation sites (tertiary alicyclic amines) is 1. The summed E-state index contributed by atoms with van der Waals surface area (Å²) in [5.74, 6) is -0.0617. The van der Waals surface area contributed by atoms with Crippen molar-refractivity contribution in [2.45, 2.75) is 32.2 Å². The average molecular weight is 308 g/mol. The summed E-state index contributed by atoms with van der Waals surface area (Å²) < 4.78 is 0. The van der Waals surface area contributed by atoms with E-state index < -0.39 is 0 Å². The summed E-state index contributed by atoms with van der Waals surface area (Å²) in [7, 11) is 0. The predicted molar refractivity (Wildman–Crippen MR) is 94.7 cm³/mol. The molecule has 120 valence electrons. The lowest BCUT2D eigenvalue weighted by atomic mass is 10.0. The van der Waals surface area contributed by atoms with Crippen LogP contribution in [0.3, 0.4) is 0 Å². The maximum Gasteiger partial charge on any atom is 0.255 e. The highest BCUT2D eigenvalue weighted by Crippen LogP contribution is 2.26. The van der Waals surface area contributed by atoms with E-state index in [0.29, 0.717) is 11.6 Å². The third-order valence-electron chi connectivity index (χ3n) is 4.60. The summed E-state index contributed by atoms with van der Waals surface area (Å²) in [5, 5.41) is 3.00. The minimum Gasteiger partial charge on any atom is -0.322 e. The second-order valence-corrected chi connectivity index (χ2v) is 6.22. The molecule has 1 saturated heterocycles. The van der Waals surface area contributed by atoms with E-state index in [1.165, 1.54) is 37.9 Å². The van der Waals surface area contributed by atoms with Gasteiger partial charge in [0.15, 0.2) is 0 Å². The minimum absolute atomic E-state index is 0.0617. The quantitative estimate of drug-likeness (QED) is 0.903. The van der Waals surface area contributed by atoms with Crippen LogP contribution < -0.4 is 5.32 Å². The van der Waals surface area contributed by atoms with Crippen molar-refractivity contribution < 1.29 is 4.79 Å². The van der Waals surface area contributed by atoms with Crippen LogP contribution in [0, 0.1) is 0 Å². The molecule has 3 heteroatoms. The molecule has 1 amide bonds. The number of rotatable bonds is 4. The Hall–Kier alpha value is -2.13. The van der Waals surface area contributed by atoms with Crippen molar-refractivity contribution in [3.05, 3.63) is 65.7 Å². The Morgan fingerprint density at radius 3 is 2.48 bits per heavy atom. The predicted octanol–water partition coefficient (Wildman–Crippen LogP) is 4.49. The van der Waals surface area contributed by atoms with Gasteiger partial charge < -0.3 is 5.32 Å². The molecule has 0 saturated carbocycles. The van der Waals surface area contributed by atoms with E-state index in [-0.39, 0.29) is 5.91 Å². The smallest absolute Gasteiger partial charge is 0.255 e. The third kappa shape index (κ3) is 3.99. The molecule has 0 radical (unpaired) electrons. The number of hydrogen-bond donors (Lipinski definition) is 1. The minimum atomic E-state index is -0.0617. The Morgan fingerprint density at radius 2 is 1.74 bits per heavy atom. The molecule has 1 N–H and O–H groups in total. The van der Waals surface area contributed by atoms with Gasteiger partial charge in [-0.25, -0.2) is 0 Å². The highest BCUT2D eigenvalue weighted by Gasteiger charge is 2.18. The lowest BCUT2D eigenvalue weighted by molar-refractivity contribution is 0.102. The maximum absolute atomic E-state index is 12.3. The molecule has 1 aliphatic rings. The molecule has 0 spiro atoms. The second-order valence-electron chi connectivity index (χ2n) is 6.22. The maximum atomic E-state index is 12.3. The number of amides is 1. The van der Waals surface area contributed by atoms with Gasteiger partial charge in [-0.15, -0.1) is 0 Å². The van der Waals surface area contributed by atoms with Crippen molar-refractivity contribution >= 4 is 11.6 Å². The number of anilines is 1.